The number of methoxy groups -OCH3 is 1. The maximum absolute atomic E-state index is 12.8. The summed E-state index contributed by atoms with van der Waals surface area (Å²) in [5, 5.41) is 9.46. The number of nitrogens with one attached hydrogen (secondary N) is 3. The number of ether oxygens (including phenoxy) is 1. The smallest absolute Gasteiger partial charge is 0.234 e. The standard InChI is InChI=1S/C24H30N4O3S/c1-16-8-9-21(31-2)20(12-16)25-22(29)15-32-24-26-19-10-11-28(14-18(19)23(30)27-24)13-17-6-4-3-5-7-17/h3-9,12,18-19,24,26H,10-11,13-15H2,1-2H3,(H,25,29)(H,27,30). The van der Waals surface area contributed by atoms with Crippen LogP contribution >= 0.6 is 11.8 Å². The first-order chi connectivity index (χ1) is 15.5. The second kappa shape index (κ2) is 10.4. The van der Waals surface area contributed by atoms with Crippen LogP contribution in [0.1, 0.15) is 17.5 Å². The van der Waals surface area contributed by atoms with Gasteiger partial charge in [0.1, 0.15) is 11.2 Å². The van der Waals surface area contributed by atoms with Crippen molar-refractivity contribution in [3.8, 4) is 5.75 Å². The molecule has 3 unspecified atom stereocenters. The van der Waals surface area contributed by atoms with Gasteiger partial charge >= 0.3 is 0 Å². The summed E-state index contributed by atoms with van der Waals surface area (Å²) >= 11 is 1.40. The lowest BCUT2D eigenvalue weighted by Crippen LogP contribution is -2.64. The van der Waals surface area contributed by atoms with Crippen molar-refractivity contribution in [2.75, 3.05) is 31.3 Å². The van der Waals surface area contributed by atoms with E-state index in [0.717, 1.165) is 31.6 Å². The molecule has 7 nitrogen and oxygen atoms in total. The number of piperidine rings is 1. The first-order valence-corrected chi connectivity index (χ1v) is 12.0. The van der Waals surface area contributed by atoms with Gasteiger partial charge in [-0.2, -0.15) is 0 Å². The summed E-state index contributed by atoms with van der Waals surface area (Å²) in [6.07, 6.45) is 0.911. The van der Waals surface area contributed by atoms with E-state index in [9.17, 15) is 9.59 Å². The van der Waals surface area contributed by atoms with E-state index in [0.29, 0.717) is 11.4 Å². The van der Waals surface area contributed by atoms with Crippen LogP contribution in [0.5, 0.6) is 5.75 Å². The third-order valence-corrected chi connectivity index (χ3v) is 6.95. The lowest BCUT2D eigenvalue weighted by Gasteiger charge is -2.43. The van der Waals surface area contributed by atoms with E-state index in [2.05, 4.69) is 33.0 Å². The average molecular weight is 455 g/mol. The van der Waals surface area contributed by atoms with Crippen LogP contribution in [0.2, 0.25) is 0 Å². The highest BCUT2D eigenvalue weighted by Gasteiger charge is 2.39. The Labute approximate surface area is 193 Å². The summed E-state index contributed by atoms with van der Waals surface area (Å²) in [5.41, 5.74) is 2.69. The van der Waals surface area contributed by atoms with E-state index in [4.69, 9.17) is 4.74 Å². The molecule has 170 valence electrons. The number of fused-ring (bicyclic) bond motifs is 1. The number of hydrogen-bond donors (Lipinski definition) is 3. The van der Waals surface area contributed by atoms with E-state index in [-0.39, 0.29) is 35.0 Å². The van der Waals surface area contributed by atoms with Crippen molar-refractivity contribution in [1.29, 1.82) is 0 Å². The van der Waals surface area contributed by atoms with Crippen LogP contribution in [0.4, 0.5) is 5.69 Å². The first-order valence-electron chi connectivity index (χ1n) is 10.9. The average Bonchev–Trinajstić information content (AvgIpc) is 2.79. The van der Waals surface area contributed by atoms with Crippen LogP contribution < -0.4 is 20.7 Å². The Kier molecular flexibility index (Phi) is 7.34. The van der Waals surface area contributed by atoms with Gasteiger partial charge in [0.05, 0.1) is 24.5 Å². The fraction of sp³-hybridized carbons (Fsp3) is 0.417. The number of aryl methyl sites for hydroxylation is 1. The van der Waals surface area contributed by atoms with Crippen molar-refractivity contribution >= 4 is 29.3 Å². The molecule has 32 heavy (non-hydrogen) atoms. The van der Waals surface area contributed by atoms with Gasteiger partial charge < -0.3 is 15.4 Å². The van der Waals surface area contributed by atoms with Crippen LogP contribution in [0.25, 0.3) is 0 Å². The quantitative estimate of drug-likeness (QED) is 0.597. The highest BCUT2D eigenvalue weighted by molar-refractivity contribution is 8.00. The van der Waals surface area contributed by atoms with Crippen molar-refractivity contribution in [1.82, 2.24) is 15.5 Å². The number of rotatable bonds is 7. The molecule has 0 radical (unpaired) electrons. The number of benzene rings is 2. The molecule has 3 N–H and O–H groups in total. The molecule has 2 amide bonds. The van der Waals surface area contributed by atoms with E-state index < -0.39 is 0 Å². The summed E-state index contributed by atoms with van der Waals surface area (Å²) in [6, 6.07) is 16.1. The molecule has 2 saturated heterocycles. The molecule has 8 heteroatoms. The van der Waals surface area contributed by atoms with Gasteiger partial charge in [0.25, 0.3) is 0 Å². The molecule has 2 aromatic carbocycles. The predicted molar refractivity (Wildman–Crippen MR) is 127 cm³/mol. The lowest BCUT2D eigenvalue weighted by atomic mass is 9.89. The molecule has 0 aromatic heterocycles. The number of anilines is 1. The molecule has 4 rings (SSSR count). The van der Waals surface area contributed by atoms with Crippen molar-refractivity contribution in [3.05, 3.63) is 59.7 Å². The minimum absolute atomic E-state index is 0.0600. The largest absolute Gasteiger partial charge is 0.495 e. The van der Waals surface area contributed by atoms with Crippen molar-refractivity contribution in [3.63, 3.8) is 0 Å². The summed E-state index contributed by atoms with van der Waals surface area (Å²) in [5.74, 6) is 0.712. The highest BCUT2D eigenvalue weighted by Crippen LogP contribution is 2.27. The molecule has 3 atom stereocenters. The van der Waals surface area contributed by atoms with Gasteiger partial charge in [-0.25, -0.2) is 0 Å². The number of carbonyl (C=O) groups excluding carboxylic acids is 2. The summed E-state index contributed by atoms with van der Waals surface area (Å²) in [7, 11) is 1.58. The summed E-state index contributed by atoms with van der Waals surface area (Å²) in [4.78, 5) is 27.6. The molecule has 0 aliphatic carbocycles. The van der Waals surface area contributed by atoms with Crippen molar-refractivity contribution in [2.24, 2.45) is 5.92 Å². The highest BCUT2D eigenvalue weighted by atomic mass is 32.2. The van der Waals surface area contributed by atoms with E-state index in [1.165, 1.54) is 17.3 Å². The maximum atomic E-state index is 12.8. The molecule has 0 spiro atoms. The second-order valence-corrected chi connectivity index (χ2v) is 9.43. The summed E-state index contributed by atoms with van der Waals surface area (Å²) in [6.45, 7) is 4.51. The second-order valence-electron chi connectivity index (χ2n) is 8.34. The topological polar surface area (TPSA) is 82.7 Å². The number of thioether (sulfide) groups is 1. The van der Waals surface area contributed by atoms with Gasteiger partial charge in [-0.3, -0.25) is 19.8 Å². The van der Waals surface area contributed by atoms with Gasteiger partial charge in [0.15, 0.2) is 0 Å². The third-order valence-electron chi connectivity index (χ3n) is 5.93. The van der Waals surface area contributed by atoms with Crippen LogP contribution in [0.15, 0.2) is 48.5 Å². The fourth-order valence-corrected chi connectivity index (χ4v) is 5.16. The molecule has 0 saturated carbocycles. The molecule has 2 aromatic rings. The summed E-state index contributed by atoms with van der Waals surface area (Å²) < 4.78 is 5.32. The molecule has 2 aliphatic heterocycles. The van der Waals surface area contributed by atoms with E-state index in [1.807, 2.05) is 43.3 Å². The zero-order valence-corrected chi connectivity index (χ0v) is 19.3. The normalized spacial score (nSPS) is 23.2. The zero-order valence-electron chi connectivity index (χ0n) is 18.5. The van der Waals surface area contributed by atoms with Crippen molar-refractivity contribution in [2.45, 2.75) is 31.4 Å². The van der Waals surface area contributed by atoms with Crippen LogP contribution in [-0.4, -0.2) is 54.2 Å². The van der Waals surface area contributed by atoms with Gasteiger partial charge in [-0.15, -0.1) is 11.8 Å². The Morgan fingerprint density at radius 2 is 2.06 bits per heavy atom. The molecule has 0 bridgehead atoms. The Morgan fingerprint density at radius 3 is 2.84 bits per heavy atom. The van der Waals surface area contributed by atoms with Gasteiger partial charge in [0.2, 0.25) is 11.8 Å². The number of likely N-dealkylation sites (tertiary alicyclic amines) is 1. The molecule has 2 heterocycles. The Hall–Kier alpha value is -2.55. The minimum Gasteiger partial charge on any atom is -0.495 e. The van der Waals surface area contributed by atoms with E-state index in [1.54, 1.807) is 7.11 Å². The predicted octanol–water partition coefficient (Wildman–Crippen LogP) is 2.57. The van der Waals surface area contributed by atoms with Gasteiger partial charge in [0, 0.05) is 25.7 Å². The molecule has 2 aliphatic rings. The van der Waals surface area contributed by atoms with Gasteiger partial charge in [-0.1, -0.05) is 36.4 Å². The Bertz CT molecular complexity index is 956. The fourth-order valence-electron chi connectivity index (χ4n) is 4.30. The van der Waals surface area contributed by atoms with Crippen molar-refractivity contribution < 1.29 is 14.3 Å². The maximum Gasteiger partial charge on any atom is 0.234 e. The number of carbonyl (C=O) groups is 2. The Balaban J connectivity index is 1.27. The van der Waals surface area contributed by atoms with Gasteiger partial charge in [-0.05, 0) is 36.6 Å². The number of nitrogens with zero attached hydrogens (tertiary/aromatic N) is 1. The third kappa shape index (κ3) is 5.62. The zero-order chi connectivity index (χ0) is 22.5. The monoisotopic (exact) mass is 454 g/mol. The minimum atomic E-state index is -0.269. The SMILES string of the molecule is COc1ccc(C)cc1NC(=O)CSC1NC(=O)C2CN(Cc3ccccc3)CCC2N1. The number of amides is 2. The first kappa shape index (κ1) is 22.6. The number of hydrogen-bond acceptors (Lipinski definition) is 6. The van der Waals surface area contributed by atoms with E-state index >= 15 is 0 Å². The molecular formula is C24H30N4O3S. The molecule has 2 fully saturated rings. The lowest BCUT2D eigenvalue weighted by molar-refractivity contribution is -0.130. The molecular weight excluding hydrogens is 424 g/mol. The van der Waals surface area contributed by atoms with Crippen LogP contribution in [-0.2, 0) is 16.1 Å². The Morgan fingerprint density at radius 1 is 1.25 bits per heavy atom. The van der Waals surface area contributed by atoms with Crippen LogP contribution in [0, 0.1) is 12.8 Å². The van der Waals surface area contributed by atoms with Crippen LogP contribution in [0.3, 0.4) is 0 Å².